The first-order valence-corrected chi connectivity index (χ1v) is 9.66. The number of nitrogens with one attached hydrogen (secondary N) is 1. The van der Waals surface area contributed by atoms with Gasteiger partial charge in [0.1, 0.15) is 0 Å². The fraction of sp³-hybridized carbons (Fsp3) is 0.391. The lowest BCUT2D eigenvalue weighted by Crippen LogP contribution is -2.28. The van der Waals surface area contributed by atoms with E-state index >= 15 is 0 Å². The van der Waals surface area contributed by atoms with Gasteiger partial charge in [-0.25, -0.2) is 0 Å². The smallest absolute Gasteiger partial charge is 0.229 e. The molecule has 0 aromatic heterocycles. The van der Waals surface area contributed by atoms with Gasteiger partial charge in [-0.1, -0.05) is 32.9 Å². The predicted molar refractivity (Wildman–Crippen MR) is 114 cm³/mol. The molecule has 6 nitrogen and oxygen atoms in total. The average molecular weight is 396 g/mol. The molecule has 1 atom stereocenters. The number of hydrogen-bond donors (Lipinski definition) is 1. The van der Waals surface area contributed by atoms with Crippen molar-refractivity contribution in [2.24, 2.45) is 5.92 Å². The molecule has 0 bridgehead atoms. The number of carbonyl (C=O) groups excluding carboxylic acids is 2. The third kappa shape index (κ3) is 4.53. The van der Waals surface area contributed by atoms with E-state index in [1.165, 1.54) is 5.56 Å². The maximum Gasteiger partial charge on any atom is 0.229 e. The molecule has 0 spiro atoms. The Kier molecular flexibility index (Phi) is 5.82. The maximum atomic E-state index is 12.7. The Morgan fingerprint density at radius 2 is 1.69 bits per heavy atom. The Morgan fingerprint density at radius 1 is 1.03 bits per heavy atom. The molecule has 0 aliphatic carbocycles. The second kappa shape index (κ2) is 8.15. The highest BCUT2D eigenvalue weighted by atomic mass is 16.5. The molecule has 1 aliphatic rings. The van der Waals surface area contributed by atoms with Gasteiger partial charge in [0, 0.05) is 30.4 Å². The first kappa shape index (κ1) is 20.7. The van der Waals surface area contributed by atoms with Crippen molar-refractivity contribution in [1.29, 1.82) is 0 Å². The molecule has 2 aromatic carbocycles. The van der Waals surface area contributed by atoms with Crippen molar-refractivity contribution in [3.8, 4) is 11.5 Å². The number of hydrogen-bond acceptors (Lipinski definition) is 4. The number of carbonyl (C=O) groups is 2. The molecule has 1 aliphatic heterocycles. The number of anilines is 2. The lowest BCUT2D eigenvalue weighted by atomic mass is 9.87. The standard InChI is InChI=1S/C23H28N2O4/c1-23(2,3)16-6-8-17(9-7-16)24-22(27)15-12-21(26)25(14-15)18-10-11-19(28-4)20(13-18)29-5/h6-11,13,15H,12,14H2,1-5H3,(H,24,27). The summed E-state index contributed by atoms with van der Waals surface area (Å²) in [5.41, 5.74) is 2.68. The molecular weight excluding hydrogens is 368 g/mol. The molecule has 6 heteroatoms. The molecule has 1 saturated heterocycles. The van der Waals surface area contributed by atoms with Crippen LogP contribution in [-0.2, 0) is 15.0 Å². The lowest BCUT2D eigenvalue weighted by molar-refractivity contribution is -0.122. The molecule has 29 heavy (non-hydrogen) atoms. The van der Waals surface area contributed by atoms with Gasteiger partial charge in [0.05, 0.1) is 20.1 Å². The summed E-state index contributed by atoms with van der Waals surface area (Å²) in [6.07, 6.45) is 0.181. The summed E-state index contributed by atoms with van der Waals surface area (Å²) < 4.78 is 10.6. The zero-order valence-electron chi connectivity index (χ0n) is 17.6. The van der Waals surface area contributed by atoms with Crippen molar-refractivity contribution in [1.82, 2.24) is 0 Å². The summed E-state index contributed by atoms with van der Waals surface area (Å²) in [6, 6.07) is 13.2. The second-order valence-corrected chi connectivity index (χ2v) is 8.26. The minimum Gasteiger partial charge on any atom is -0.493 e. The van der Waals surface area contributed by atoms with Crippen LogP contribution >= 0.6 is 0 Å². The van der Waals surface area contributed by atoms with E-state index in [4.69, 9.17) is 9.47 Å². The molecule has 2 amide bonds. The highest BCUT2D eigenvalue weighted by Crippen LogP contribution is 2.34. The zero-order chi connectivity index (χ0) is 21.2. The van der Waals surface area contributed by atoms with Gasteiger partial charge in [-0.2, -0.15) is 0 Å². The first-order chi connectivity index (χ1) is 13.7. The van der Waals surface area contributed by atoms with Gasteiger partial charge in [-0.15, -0.1) is 0 Å². The van der Waals surface area contributed by atoms with Crippen molar-refractivity contribution in [3.63, 3.8) is 0 Å². The Hall–Kier alpha value is -3.02. The number of amides is 2. The molecule has 0 saturated carbocycles. The van der Waals surface area contributed by atoms with Crippen LogP contribution in [0.3, 0.4) is 0 Å². The summed E-state index contributed by atoms with van der Waals surface area (Å²) >= 11 is 0. The zero-order valence-corrected chi connectivity index (χ0v) is 17.6. The quantitative estimate of drug-likeness (QED) is 0.830. The first-order valence-electron chi connectivity index (χ1n) is 9.66. The fourth-order valence-electron chi connectivity index (χ4n) is 3.42. The van der Waals surface area contributed by atoms with Crippen LogP contribution in [0, 0.1) is 5.92 Å². The van der Waals surface area contributed by atoms with Crippen molar-refractivity contribution >= 4 is 23.2 Å². The molecular formula is C23H28N2O4. The summed E-state index contributed by atoms with van der Waals surface area (Å²) in [5.74, 6) is 0.503. The van der Waals surface area contributed by atoms with E-state index in [0.29, 0.717) is 23.7 Å². The number of benzene rings is 2. The Labute approximate surface area is 171 Å². The molecule has 1 heterocycles. The van der Waals surface area contributed by atoms with Gasteiger partial charge in [0.2, 0.25) is 11.8 Å². The number of rotatable bonds is 5. The summed E-state index contributed by atoms with van der Waals surface area (Å²) in [7, 11) is 3.11. The average Bonchev–Trinajstić information content (AvgIpc) is 3.09. The molecule has 1 unspecified atom stereocenters. The third-order valence-corrected chi connectivity index (χ3v) is 5.19. The van der Waals surface area contributed by atoms with Gasteiger partial charge >= 0.3 is 0 Å². The Morgan fingerprint density at radius 3 is 2.28 bits per heavy atom. The molecule has 154 valence electrons. The van der Waals surface area contributed by atoms with Crippen LogP contribution in [0.1, 0.15) is 32.8 Å². The SMILES string of the molecule is COc1ccc(N2CC(C(=O)Nc3ccc(C(C)(C)C)cc3)CC2=O)cc1OC. The van der Waals surface area contributed by atoms with Gasteiger partial charge in [0.15, 0.2) is 11.5 Å². The number of methoxy groups -OCH3 is 2. The van der Waals surface area contributed by atoms with E-state index in [1.54, 1.807) is 37.3 Å². The number of nitrogens with zero attached hydrogens (tertiary/aromatic N) is 1. The number of ether oxygens (including phenoxy) is 2. The van der Waals surface area contributed by atoms with E-state index in [0.717, 1.165) is 5.69 Å². The summed E-state index contributed by atoms with van der Waals surface area (Å²) in [6.45, 7) is 6.77. The molecule has 1 N–H and O–H groups in total. The van der Waals surface area contributed by atoms with Crippen molar-refractivity contribution in [3.05, 3.63) is 48.0 Å². The largest absolute Gasteiger partial charge is 0.493 e. The van der Waals surface area contributed by atoms with Gasteiger partial charge in [-0.3, -0.25) is 9.59 Å². The van der Waals surface area contributed by atoms with Crippen LogP contribution in [-0.4, -0.2) is 32.6 Å². The monoisotopic (exact) mass is 396 g/mol. The van der Waals surface area contributed by atoms with Crippen LogP contribution in [0.5, 0.6) is 11.5 Å². The van der Waals surface area contributed by atoms with Crippen LogP contribution in [0.25, 0.3) is 0 Å². The van der Waals surface area contributed by atoms with Crippen molar-refractivity contribution in [2.75, 3.05) is 31.0 Å². The van der Waals surface area contributed by atoms with E-state index in [-0.39, 0.29) is 23.7 Å². The predicted octanol–water partition coefficient (Wildman–Crippen LogP) is 3.99. The molecule has 1 fully saturated rings. The second-order valence-electron chi connectivity index (χ2n) is 8.26. The normalized spacial score (nSPS) is 16.7. The minimum absolute atomic E-state index is 0.0559. The molecule has 0 radical (unpaired) electrons. The van der Waals surface area contributed by atoms with Crippen LogP contribution in [0.2, 0.25) is 0 Å². The molecule has 2 aromatic rings. The van der Waals surface area contributed by atoms with E-state index < -0.39 is 5.92 Å². The van der Waals surface area contributed by atoms with E-state index in [9.17, 15) is 9.59 Å². The Balaban J connectivity index is 1.69. The van der Waals surface area contributed by atoms with Gasteiger partial charge in [-0.05, 0) is 35.2 Å². The Bertz CT molecular complexity index is 900. The van der Waals surface area contributed by atoms with Crippen LogP contribution < -0.4 is 19.7 Å². The van der Waals surface area contributed by atoms with Gasteiger partial charge < -0.3 is 19.7 Å². The summed E-state index contributed by atoms with van der Waals surface area (Å²) in [4.78, 5) is 26.9. The highest BCUT2D eigenvalue weighted by molar-refractivity contribution is 6.03. The van der Waals surface area contributed by atoms with E-state index in [1.807, 2.05) is 24.3 Å². The fourth-order valence-corrected chi connectivity index (χ4v) is 3.42. The highest BCUT2D eigenvalue weighted by Gasteiger charge is 2.35. The van der Waals surface area contributed by atoms with Gasteiger partial charge in [0.25, 0.3) is 0 Å². The topological polar surface area (TPSA) is 67.9 Å². The van der Waals surface area contributed by atoms with Crippen LogP contribution in [0.4, 0.5) is 11.4 Å². The van der Waals surface area contributed by atoms with E-state index in [2.05, 4.69) is 26.1 Å². The van der Waals surface area contributed by atoms with Crippen molar-refractivity contribution in [2.45, 2.75) is 32.6 Å². The third-order valence-electron chi connectivity index (χ3n) is 5.19. The van der Waals surface area contributed by atoms with Crippen molar-refractivity contribution < 1.29 is 19.1 Å². The minimum atomic E-state index is -0.405. The molecule has 3 rings (SSSR count). The summed E-state index contributed by atoms with van der Waals surface area (Å²) in [5, 5.41) is 2.93. The maximum absolute atomic E-state index is 12.7. The lowest BCUT2D eigenvalue weighted by Gasteiger charge is -2.20. The van der Waals surface area contributed by atoms with Crippen LogP contribution in [0.15, 0.2) is 42.5 Å².